The number of hydrogen-bond acceptors (Lipinski definition) is 16. The van der Waals surface area contributed by atoms with Crippen LogP contribution in [0.2, 0.25) is 0 Å². The van der Waals surface area contributed by atoms with Crippen LogP contribution < -0.4 is 10.6 Å². The van der Waals surface area contributed by atoms with Crippen molar-refractivity contribution in [1.29, 1.82) is 0 Å². The third kappa shape index (κ3) is 9.48. The van der Waals surface area contributed by atoms with Gasteiger partial charge in [-0.1, -0.05) is 160 Å². The second-order valence-corrected chi connectivity index (χ2v) is 22.0. The molecular formula is C52H50N8O4S4. The van der Waals surface area contributed by atoms with Crippen molar-refractivity contribution >= 4 is 93.5 Å². The first-order chi connectivity index (χ1) is 33.3. The van der Waals surface area contributed by atoms with E-state index < -0.39 is 0 Å². The lowest BCUT2D eigenvalue weighted by Gasteiger charge is -2.26. The van der Waals surface area contributed by atoms with E-state index in [2.05, 4.69) is 24.5 Å². The summed E-state index contributed by atoms with van der Waals surface area (Å²) in [5.41, 5.74) is 2.92. The smallest absolute Gasteiger partial charge is 0.232 e. The summed E-state index contributed by atoms with van der Waals surface area (Å²) in [5.74, 6) is 0.758. The number of ketones is 4. The molecule has 2 saturated carbocycles. The average Bonchev–Trinajstić information content (AvgIpc) is 4.07. The molecule has 0 saturated heterocycles. The van der Waals surface area contributed by atoms with E-state index in [0.29, 0.717) is 53.6 Å². The lowest BCUT2D eigenvalue weighted by Crippen LogP contribution is -2.25. The average molecular weight is 979 g/mol. The zero-order valence-corrected chi connectivity index (χ0v) is 41.2. The number of carbonyl (C=O) groups is 4. The number of fused-ring (bicyclic) bond motifs is 4. The monoisotopic (exact) mass is 978 g/mol. The molecular weight excluding hydrogens is 929 g/mol. The van der Waals surface area contributed by atoms with Crippen molar-refractivity contribution < 1.29 is 19.2 Å². The number of aromatic nitrogens is 6. The Morgan fingerprint density at radius 3 is 1.16 bits per heavy atom. The summed E-state index contributed by atoms with van der Waals surface area (Å²) >= 11 is 6.45. The molecule has 0 amide bonds. The molecule has 0 atom stereocenters. The highest BCUT2D eigenvalue weighted by molar-refractivity contribution is 8.00. The number of thioether (sulfide) groups is 4. The van der Waals surface area contributed by atoms with Crippen molar-refractivity contribution in [3.63, 3.8) is 0 Å². The Balaban J connectivity index is 1.10. The van der Waals surface area contributed by atoms with E-state index in [1.807, 2.05) is 0 Å². The van der Waals surface area contributed by atoms with E-state index in [0.717, 1.165) is 62.9 Å². The van der Waals surface area contributed by atoms with E-state index in [-0.39, 0.29) is 79.5 Å². The van der Waals surface area contributed by atoms with Crippen molar-refractivity contribution in [2.45, 2.75) is 122 Å². The number of carbonyl (C=O) groups excluding carboxylic acids is 4. The van der Waals surface area contributed by atoms with Gasteiger partial charge in [0.1, 0.15) is 0 Å². The molecule has 68 heavy (non-hydrogen) atoms. The number of nitrogens with one attached hydrogen (secondary N) is 2. The normalized spacial score (nSPS) is 15.6. The Hall–Kier alpha value is -5.42. The van der Waals surface area contributed by atoms with Gasteiger partial charge < -0.3 is 10.6 Å². The van der Waals surface area contributed by atoms with E-state index in [9.17, 15) is 19.2 Å². The van der Waals surface area contributed by atoms with Crippen molar-refractivity contribution in [1.82, 2.24) is 29.9 Å². The van der Waals surface area contributed by atoms with Crippen LogP contribution in [0, 0.1) is 0 Å². The molecule has 0 unspecified atom stereocenters. The summed E-state index contributed by atoms with van der Waals surface area (Å²) < 4.78 is 0. The van der Waals surface area contributed by atoms with Gasteiger partial charge in [0.15, 0.2) is 43.8 Å². The highest BCUT2D eigenvalue weighted by Gasteiger charge is 2.39. The number of unbranched alkanes of at least 4 members (excludes halogenated alkanes) is 2. The number of nitrogens with zero attached hydrogens (tertiary/aromatic N) is 6. The minimum atomic E-state index is -0.380. The molecule has 2 N–H and O–H groups in total. The van der Waals surface area contributed by atoms with Crippen LogP contribution in [0.15, 0.2) is 93.4 Å². The Labute approximate surface area is 412 Å². The van der Waals surface area contributed by atoms with Gasteiger partial charge in [-0.25, -0.2) is 0 Å². The summed E-state index contributed by atoms with van der Waals surface area (Å²) in [6.45, 7) is 4.29. The molecule has 10 rings (SSSR count). The Morgan fingerprint density at radius 2 is 0.794 bits per heavy atom. The van der Waals surface area contributed by atoms with Gasteiger partial charge in [0, 0.05) is 55.4 Å². The van der Waals surface area contributed by atoms with Gasteiger partial charge in [0.25, 0.3) is 0 Å². The number of benzene rings is 4. The first-order valence-electron chi connectivity index (χ1n) is 23.6. The summed E-state index contributed by atoms with van der Waals surface area (Å²) in [7, 11) is 0. The third-order valence-electron chi connectivity index (χ3n) is 12.7. The highest BCUT2D eigenvalue weighted by Crippen LogP contribution is 2.45. The maximum Gasteiger partial charge on any atom is 0.232 e. The van der Waals surface area contributed by atoms with Crippen LogP contribution in [0.1, 0.15) is 155 Å². The van der Waals surface area contributed by atoms with Crippen molar-refractivity contribution in [2.75, 3.05) is 22.1 Å². The molecule has 0 aliphatic heterocycles. The van der Waals surface area contributed by atoms with Crippen LogP contribution in [0.5, 0.6) is 0 Å². The van der Waals surface area contributed by atoms with E-state index in [1.54, 1.807) is 120 Å². The molecule has 16 heteroatoms. The van der Waals surface area contributed by atoms with Crippen LogP contribution in [0.4, 0.5) is 23.3 Å². The van der Waals surface area contributed by atoms with E-state index in [1.165, 1.54) is 25.7 Å². The van der Waals surface area contributed by atoms with Gasteiger partial charge in [0.2, 0.25) is 11.9 Å². The first-order valence-corrected chi connectivity index (χ1v) is 27.4. The molecule has 0 spiro atoms. The lowest BCUT2D eigenvalue weighted by atomic mass is 9.75. The Kier molecular flexibility index (Phi) is 14.1. The van der Waals surface area contributed by atoms with Crippen molar-refractivity contribution in [3.05, 3.63) is 117 Å². The second kappa shape index (κ2) is 20.7. The zero-order valence-electron chi connectivity index (χ0n) is 37.9. The summed E-state index contributed by atoms with van der Waals surface area (Å²) in [4.78, 5) is 88.6. The number of hydrogen-bond donors (Lipinski definition) is 2. The minimum Gasteiger partial charge on any atom is -0.323 e. The molecule has 0 bridgehead atoms. The lowest BCUT2D eigenvalue weighted by molar-refractivity contribution is 0.0978. The summed E-state index contributed by atoms with van der Waals surface area (Å²) in [6.07, 6.45) is 13.2. The fourth-order valence-electron chi connectivity index (χ4n) is 9.29. The van der Waals surface area contributed by atoms with Gasteiger partial charge in [-0.05, 0) is 61.8 Å². The van der Waals surface area contributed by atoms with E-state index >= 15 is 0 Å². The molecule has 0 radical (unpaired) electrons. The van der Waals surface area contributed by atoms with Gasteiger partial charge >= 0.3 is 0 Å². The Bertz CT molecular complexity index is 2770. The van der Waals surface area contributed by atoms with Crippen molar-refractivity contribution in [2.24, 2.45) is 0 Å². The van der Waals surface area contributed by atoms with Crippen LogP contribution in [-0.2, 0) is 0 Å². The number of anilines is 4. The predicted octanol–water partition coefficient (Wildman–Crippen LogP) is 12.6. The van der Waals surface area contributed by atoms with Crippen LogP contribution in [0.3, 0.4) is 0 Å². The third-order valence-corrected chi connectivity index (χ3v) is 17.0. The van der Waals surface area contributed by atoms with Crippen molar-refractivity contribution in [3.8, 4) is 11.1 Å². The summed E-state index contributed by atoms with van der Waals surface area (Å²) in [5, 5.41) is 9.93. The summed E-state index contributed by atoms with van der Waals surface area (Å²) in [6, 6.07) is 20.5. The highest BCUT2D eigenvalue weighted by atomic mass is 32.2. The molecule has 4 aliphatic rings. The molecule has 6 aromatic rings. The predicted molar refractivity (Wildman–Crippen MR) is 272 cm³/mol. The SMILES string of the molecule is CCCCSc1nc(Nc2ccc(-c3ccc(Nc4nc(SCCCC)nc(SC5CCCC5)n4)c4c3C(=O)c3ccccc3C4=O)c3c2C(=O)c2ccccc2C3=O)nc(SC2CCCC2)n1. The maximum atomic E-state index is 15.0. The van der Waals surface area contributed by atoms with Gasteiger partial charge in [-0.2, -0.15) is 29.9 Å². The molecule has 2 aromatic heterocycles. The van der Waals surface area contributed by atoms with Gasteiger partial charge in [-0.3, -0.25) is 19.2 Å². The zero-order chi connectivity index (χ0) is 46.7. The standard InChI is InChI=1S/C52H50N8O4S4/c1-3-5-27-65-49-55-47(57-51(59-49)67-29-15-7-8-16-29)53-37-25-23-31(39-41(37)45(63)35-21-13-11-19-33(35)43(39)61)32-24-26-38(42-40(32)44(62)34-20-12-14-22-36(34)46(42)64)54-48-56-50(66-28-6-4-2)60-52(58-48)68-30-17-9-10-18-30/h11-14,19-26,29-30H,3-10,15-18,27-28H2,1-2H3,(H,53,55,57,59)(H,54,56,58,60). The fraction of sp³-hybridized carbons (Fsp3) is 0.346. The minimum absolute atomic E-state index is 0.118. The molecule has 346 valence electrons. The second-order valence-electron chi connectivity index (χ2n) is 17.4. The van der Waals surface area contributed by atoms with Crippen LogP contribution in [0.25, 0.3) is 11.1 Å². The van der Waals surface area contributed by atoms with E-state index in [4.69, 9.17) is 29.9 Å². The first kappa shape index (κ1) is 46.3. The quantitative estimate of drug-likeness (QED) is 0.0652. The van der Waals surface area contributed by atoms with Crippen LogP contribution in [-0.4, -0.2) is 75.0 Å². The maximum absolute atomic E-state index is 15.0. The fourth-order valence-corrected chi connectivity index (χ4v) is 13.5. The molecule has 2 heterocycles. The largest absolute Gasteiger partial charge is 0.323 e. The molecule has 2 fully saturated rings. The number of rotatable bonds is 17. The molecule has 12 nitrogen and oxygen atoms in total. The van der Waals surface area contributed by atoms with Crippen LogP contribution >= 0.6 is 47.0 Å². The molecule has 4 aliphatic carbocycles. The van der Waals surface area contributed by atoms with Gasteiger partial charge in [0.05, 0.1) is 22.5 Å². The Morgan fingerprint density at radius 1 is 0.441 bits per heavy atom. The topological polar surface area (TPSA) is 170 Å². The van der Waals surface area contributed by atoms with Gasteiger partial charge in [-0.15, -0.1) is 0 Å². The molecule has 4 aromatic carbocycles.